The first kappa shape index (κ1) is 29.1. The summed E-state index contributed by atoms with van der Waals surface area (Å²) >= 11 is 0. The first-order valence-corrected chi connectivity index (χ1v) is 15.4. The summed E-state index contributed by atoms with van der Waals surface area (Å²) in [6.45, 7) is 2.46. The van der Waals surface area contributed by atoms with E-state index in [0.29, 0.717) is 29.7 Å². The van der Waals surface area contributed by atoms with E-state index in [9.17, 15) is 14.3 Å². The number of hydrogen-bond donors (Lipinski definition) is 3. The predicted molar refractivity (Wildman–Crippen MR) is 168 cm³/mol. The van der Waals surface area contributed by atoms with Gasteiger partial charge < -0.3 is 20.5 Å². The van der Waals surface area contributed by atoms with Crippen molar-refractivity contribution in [1.29, 1.82) is 0 Å². The zero-order valence-corrected chi connectivity index (χ0v) is 24.6. The molecule has 1 fully saturated rings. The minimum Gasteiger partial charge on any atom is -0.487 e. The van der Waals surface area contributed by atoms with Crippen LogP contribution in [0, 0.1) is 5.82 Å². The topological polar surface area (TPSA) is 70.6 Å². The normalized spacial score (nSPS) is 18.2. The van der Waals surface area contributed by atoms with Crippen LogP contribution in [0.1, 0.15) is 65.7 Å². The number of nitrogens with one attached hydrogen (secondary N) is 2. The Morgan fingerprint density at radius 1 is 0.977 bits per heavy atom. The van der Waals surface area contributed by atoms with E-state index in [1.165, 1.54) is 18.1 Å². The second kappa shape index (κ2) is 12.7. The average Bonchev–Trinajstić information content (AvgIpc) is 3.02. The standard InChI is InChI=1S/C37H39FN2O3/c1-2-25-16-17-35-30(20-25)33(23-37(43-35)18-9-19-37)39-24-34(41)32(21-26-10-4-3-5-11-26)40-36(42)28-13-8-12-27(22-28)29-14-6-7-15-31(29)38/h3-8,10-17,20,22,32-34,39,41H,2,9,18-19,21,23-24H2,1H3,(H,40,42)/t32-,33-,34-/m0/s1. The Kier molecular flexibility index (Phi) is 8.59. The number of halogens is 1. The minimum absolute atomic E-state index is 0.0516. The molecule has 3 N–H and O–H groups in total. The number of amides is 1. The summed E-state index contributed by atoms with van der Waals surface area (Å²) in [5.74, 6) is 0.280. The van der Waals surface area contributed by atoms with Gasteiger partial charge in [-0.1, -0.05) is 79.7 Å². The van der Waals surface area contributed by atoms with Crippen molar-refractivity contribution in [1.82, 2.24) is 10.6 Å². The third-order valence-electron chi connectivity index (χ3n) is 8.99. The smallest absolute Gasteiger partial charge is 0.251 e. The van der Waals surface area contributed by atoms with Crippen LogP contribution in [0.5, 0.6) is 5.75 Å². The van der Waals surface area contributed by atoms with Crippen molar-refractivity contribution >= 4 is 5.91 Å². The molecule has 0 saturated heterocycles. The number of aryl methyl sites for hydroxylation is 1. The fraction of sp³-hybridized carbons (Fsp3) is 0.324. The van der Waals surface area contributed by atoms with E-state index < -0.39 is 12.1 Å². The van der Waals surface area contributed by atoms with Crippen LogP contribution in [-0.4, -0.2) is 35.3 Å². The lowest BCUT2D eigenvalue weighted by Gasteiger charge is -2.48. The lowest BCUT2D eigenvalue weighted by atomic mass is 9.72. The number of carbonyl (C=O) groups is 1. The van der Waals surface area contributed by atoms with Crippen molar-refractivity contribution in [2.24, 2.45) is 0 Å². The summed E-state index contributed by atoms with van der Waals surface area (Å²) < 4.78 is 21.0. The Morgan fingerprint density at radius 3 is 2.51 bits per heavy atom. The van der Waals surface area contributed by atoms with E-state index in [4.69, 9.17) is 4.74 Å². The van der Waals surface area contributed by atoms with Gasteiger partial charge in [-0.25, -0.2) is 4.39 Å². The van der Waals surface area contributed by atoms with Crippen LogP contribution in [0.25, 0.3) is 11.1 Å². The van der Waals surface area contributed by atoms with Gasteiger partial charge in [-0.2, -0.15) is 0 Å². The zero-order chi connectivity index (χ0) is 29.8. The Balaban J connectivity index is 1.20. The summed E-state index contributed by atoms with van der Waals surface area (Å²) in [7, 11) is 0. The Morgan fingerprint density at radius 2 is 1.77 bits per heavy atom. The Bertz CT molecular complexity index is 1570. The van der Waals surface area contributed by atoms with Crippen LogP contribution in [0.4, 0.5) is 4.39 Å². The fourth-order valence-electron chi connectivity index (χ4n) is 6.33. The molecule has 43 heavy (non-hydrogen) atoms. The number of carbonyl (C=O) groups excluding carboxylic acids is 1. The molecule has 6 rings (SSSR count). The van der Waals surface area contributed by atoms with E-state index in [-0.39, 0.29) is 23.4 Å². The number of benzene rings is 4. The quantitative estimate of drug-likeness (QED) is 0.194. The molecule has 0 radical (unpaired) electrons. The van der Waals surface area contributed by atoms with E-state index in [2.05, 4.69) is 35.8 Å². The van der Waals surface area contributed by atoms with Crippen molar-refractivity contribution in [3.63, 3.8) is 0 Å². The lowest BCUT2D eigenvalue weighted by molar-refractivity contribution is -0.0382. The van der Waals surface area contributed by atoms with E-state index in [0.717, 1.165) is 42.6 Å². The van der Waals surface area contributed by atoms with E-state index >= 15 is 0 Å². The minimum atomic E-state index is -0.850. The first-order valence-electron chi connectivity index (χ1n) is 15.4. The molecule has 1 saturated carbocycles. The molecule has 2 aliphatic rings. The number of aliphatic hydroxyl groups excluding tert-OH is 1. The highest BCUT2D eigenvalue weighted by molar-refractivity contribution is 5.95. The highest BCUT2D eigenvalue weighted by Gasteiger charge is 2.45. The summed E-state index contributed by atoms with van der Waals surface area (Å²) in [5, 5.41) is 18.3. The fourth-order valence-corrected chi connectivity index (χ4v) is 6.33. The van der Waals surface area contributed by atoms with Gasteiger partial charge in [-0.05, 0) is 73.1 Å². The summed E-state index contributed by atoms with van der Waals surface area (Å²) in [6, 6.07) is 29.3. The largest absolute Gasteiger partial charge is 0.487 e. The van der Waals surface area contributed by atoms with Crippen molar-refractivity contribution in [2.45, 2.75) is 69.2 Å². The van der Waals surface area contributed by atoms with Crippen molar-refractivity contribution in [3.05, 3.63) is 125 Å². The molecule has 0 unspecified atom stereocenters. The molecule has 1 heterocycles. The Hall–Kier alpha value is -4.00. The molecular formula is C37H39FN2O3. The highest BCUT2D eigenvalue weighted by atomic mass is 19.1. The van der Waals surface area contributed by atoms with Gasteiger partial charge in [-0.15, -0.1) is 0 Å². The number of hydrogen-bond acceptors (Lipinski definition) is 4. The molecule has 1 aliphatic heterocycles. The molecule has 0 bridgehead atoms. The van der Waals surface area contributed by atoms with Crippen LogP contribution in [-0.2, 0) is 12.8 Å². The second-order valence-corrected chi connectivity index (χ2v) is 11.9. The number of fused-ring (bicyclic) bond motifs is 1. The second-order valence-electron chi connectivity index (χ2n) is 11.9. The van der Waals surface area contributed by atoms with E-state index in [1.54, 1.807) is 42.5 Å². The molecule has 3 atom stereocenters. The molecule has 1 spiro atoms. The highest BCUT2D eigenvalue weighted by Crippen LogP contribution is 2.49. The number of aliphatic hydroxyl groups is 1. The van der Waals surface area contributed by atoms with Gasteiger partial charge in [0.2, 0.25) is 0 Å². The van der Waals surface area contributed by atoms with Gasteiger partial charge in [0.15, 0.2) is 0 Å². The molecule has 222 valence electrons. The molecule has 6 heteroatoms. The summed E-state index contributed by atoms with van der Waals surface area (Å²) in [5.41, 5.74) is 4.76. The van der Waals surface area contributed by atoms with Gasteiger partial charge in [0, 0.05) is 35.7 Å². The van der Waals surface area contributed by atoms with Gasteiger partial charge in [0.25, 0.3) is 5.91 Å². The Labute approximate surface area is 253 Å². The average molecular weight is 579 g/mol. The molecule has 0 aromatic heterocycles. The molecular weight excluding hydrogens is 539 g/mol. The summed E-state index contributed by atoms with van der Waals surface area (Å²) in [6.07, 6.45) is 4.67. The van der Waals surface area contributed by atoms with E-state index in [1.807, 2.05) is 30.3 Å². The van der Waals surface area contributed by atoms with Crippen molar-refractivity contribution in [2.75, 3.05) is 6.54 Å². The van der Waals surface area contributed by atoms with Gasteiger partial charge in [0.05, 0.1) is 12.1 Å². The van der Waals surface area contributed by atoms with Gasteiger partial charge in [-0.3, -0.25) is 4.79 Å². The molecule has 4 aromatic carbocycles. The van der Waals surface area contributed by atoms with Crippen LogP contribution >= 0.6 is 0 Å². The zero-order valence-electron chi connectivity index (χ0n) is 24.6. The SMILES string of the molecule is CCc1ccc2c(c1)[C@@H](NC[C@H](O)[C@H](Cc1ccccc1)NC(=O)c1cccc(-c3ccccc3F)c1)CC1(CCC1)O2. The number of ether oxygens (including phenoxy) is 1. The van der Waals surface area contributed by atoms with Crippen LogP contribution in [0.15, 0.2) is 97.1 Å². The van der Waals surface area contributed by atoms with Crippen LogP contribution < -0.4 is 15.4 Å². The van der Waals surface area contributed by atoms with Crippen LogP contribution in [0.3, 0.4) is 0 Å². The third kappa shape index (κ3) is 6.51. The van der Waals surface area contributed by atoms with Gasteiger partial charge >= 0.3 is 0 Å². The maximum Gasteiger partial charge on any atom is 0.251 e. The number of rotatable bonds is 10. The van der Waals surface area contributed by atoms with Crippen LogP contribution in [0.2, 0.25) is 0 Å². The third-order valence-corrected chi connectivity index (χ3v) is 8.99. The summed E-state index contributed by atoms with van der Waals surface area (Å²) in [4.78, 5) is 13.5. The van der Waals surface area contributed by atoms with Gasteiger partial charge in [0.1, 0.15) is 17.2 Å². The molecule has 1 amide bonds. The molecule has 4 aromatic rings. The first-order chi connectivity index (χ1) is 20.9. The monoisotopic (exact) mass is 578 g/mol. The maximum absolute atomic E-state index is 14.5. The van der Waals surface area contributed by atoms with Crippen molar-refractivity contribution < 1.29 is 19.0 Å². The molecule has 1 aliphatic carbocycles. The van der Waals surface area contributed by atoms with Crippen molar-refractivity contribution in [3.8, 4) is 16.9 Å². The molecule has 5 nitrogen and oxygen atoms in total. The lowest BCUT2D eigenvalue weighted by Crippen LogP contribution is -2.52. The predicted octanol–water partition coefficient (Wildman–Crippen LogP) is 6.79. The maximum atomic E-state index is 14.5.